The van der Waals surface area contributed by atoms with Gasteiger partial charge in [-0.1, -0.05) is 6.42 Å². The monoisotopic (exact) mass is 256 g/mol. The molecule has 2 saturated carbocycles. The van der Waals surface area contributed by atoms with Crippen molar-refractivity contribution >= 4 is 17.7 Å². The molecule has 0 bridgehead atoms. The molecule has 3 nitrogen and oxygen atoms in total. The number of thioether (sulfide) groups is 1. The molecule has 1 amide bonds. The molecule has 0 aromatic rings. The fourth-order valence-corrected chi connectivity index (χ4v) is 3.29. The van der Waals surface area contributed by atoms with Crippen LogP contribution in [0.2, 0.25) is 0 Å². The predicted molar refractivity (Wildman–Crippen MR) is 73.3 cm³/mol. The summed E-state index contributed by atoms with van der Waals surface area (Å²) < 4.78 is 0. The van der Waals surface area contributed by atoms with Crippen LogP contribution in [-0.4, -0.2) is 36.0 Å². The average molecular weight is 256 g/mol. The van der Waals surface area contributed by atoms with Crippen molar-refractivity contribution < 1.29 is 4.79 Å². The Morgan fingerprint density at radius 3 is 2.76 bits per heavy atom. The molecule has 2 atom stereocenters. The van der Waals surface area contributed by atoms with E-state index < -0.39 is 0 Å². The SMILES string of the molecule is CSC1CCCC(NCCC(=O)NC2CC2)C1. The van der Waals surface area contributed by atoms with E-state index in [0.717, 1.165) is 11.8 Å². The van der Waals surface area contributed by atoms with Crippen molar-refractivity contribution in [2.45, 2.75) is 62.3 Å². The topological polar surface area (TPSA) is 41.1 Å². The van der Waals surface area contributed by atoms with E-state index in [1.54, 1.807) is 0 Å². The van der Waals surface area contributed by atoms with Crippen LogP contribution in [-0.2, 0) is 4.79 Å². The second kappa shape index (κ2) is 6.64. The molecule has 2 rings (SSSR count). The number of carbonyl (C=O) groups is 1. The number of nitrogens with one attached hydrogen (secondary N) is 2. The lowest BCUT2D eigenvalue weighted by Gasteiger charge is -2.28. The molecule has 0 saturated heterocycles. The molecule has 17 heavy (non-hydrogen) atoms. The van der Waals surface area contributed by atoms with Gasteiger partial charge in [-0.2, -0.15) is 11.8 Å². The van der Waals surface area contributed by atoms with Crippen LogP contribution in [0.4, 0.5) is 0 Å². The molecular weight excluding hydrogens is 232 g/mol. The van der Waals surface area contributed by atoms with Gasteiger partial charge in [-0.15, -0.1) is 0 Å². The van der Waals surface area contributed by atoms with Gasteiger partial charge in [0, 0.05) is 30.3 Å². The zero-order valence-corrected chi connectivity index (χ0v) is 11.5. The standard InChI is InChI=1S/C13H24N2OS/c1-17-12-4-2-3-11(9-12)14-8-7-13(16)15-10-5-6-10/h10-12,14H,2-9H2,1H3,(H,15,16). The summed E-state index contributed by atoms with van der Waals surface area (Å²) in [4.78, 5) is 11.5. The minimum Gasteiger partial charge on any atom is -0.353 e. The van der Waals surface area contributed by atoms with Gasteiger partial charge in [0.05, 0.1) is 0 Å². The molecule has 0 aromatic carbocycles. The Hall–Kier alpha value is -0.220. The van der Waals surface area contributed by atoms with E-state index in [9.17, 15) is 4.79 Å². The second-order valence-electron chi connectivity index (χ2n) is 5.27. The van der Waals surface area contributed by atoms with E-state index in [1.165, 1.54) is 38.5 Å². The van der Waals surface area contributed by atoms with E-state index in [-0.39, 0.29) is 5.91 Å². The summed E-state index contributed by atoms with van der Waals surface area (Å²) in [6.07, 6.45) is 10.4. The van der Waals surface area contributed by atoms with Crippen LogP contribution in [0.5, 0.6) is 0 Å². The highest BCUT2D eigenvalue weighted by Crippen LogP contribution is 2.26. The van der Waals surface area contributed by atoms with Crippen LogP contribution in [0, 0.1) is 0 Å². The van der Waals surface area contributed by atoms with Gasteiger partial charge in [-0.3, -0.25) is 4.79 Å². The summed E-state index contributed by atoms with van der Waals surface area (Å²) in [6, 6.07) is 1.13. The zero-order valence-electron chi connectivity index (χ0n) is 10.7. The van der Waals surface area contributed by atoms with Crippen molar-refractivity contribution in [3.63, 3.8) is 0 Å². The molecule has 2 aliphatic rings. The van der Waals surface area contributed by atoms with Crippen LogP contribution >= 0.6 is 11.8 Å². The Morgan fingerprint density at radius 2 is 2.06 bits per heavy atom. The van der Waals surface area contributed by atoms with Crippen molar-refractivity contribution in [1.82, 2.24) is 10.6 Å². The first-order valence-electron chi connectivity index (χ1n) is 6.83. The minimum atomic E-state index is 0.220. The normalized spacial score (nSPS) is 29.0. The van der Waals surface area contributed by atoms with Crippen LogP contribution in [0.25, 0.3) is 0 Å². The van der Waals surface area contributed by atoms with Crippen LogP contribution in [0.15, 0.2) is 0 Å². The van der Waals surface area contributed by atoms with Gasteiger partial charge >= 0.3 is 0 Å². The molecule has 0 spiro atoms. The predicted octanol–water partition coefficient (Wildman–Crippen LogP) is 1.92. The summed E-state index contributed by atoms with van der Waals surface area (Å²) >= 11 is 1.99. The second-order valence-corrected chi connectivity index (χ2v) is 6.41. The van der Waals surface area contributed by atoms with E-state index in [4.69, 9.17) is 0 Å². The first-order valence-corrected chi connectivity index (χ1v) is 8.12. The van der Waals surface area contributed by atoms with Crippen molar-refractivity contribution in [2.75, 3.05) is 12.8 Å². The molecule has 2 fully saturated rings. The number of rotatable bonds is 6. The molecular formula is C13H24N2OS. The third-order valence-electron chi connectivity index (χ3n) is 3.69. The number of hydrogen-bond acceptors (Lipinski definition) is 3. The lowest BCUT2D eigenvalue weighted by Crippen LogP contribution is -2.37. The molecule has 2 aliphatic carbocycles. The maximum atomic E-state index is 11.5. The molecule has 0 aliphatic heterocycles. The highest BCUT2D eigenvalue weighted by molar-refractivity contribution is 7.99. The number of carbonyl (C=O) groups excluding carboxylic acids is 1. The van der Waals surface area contributed by atoms with Crippen LogP contribution < -0.4 is 10.6 Å². The quantitative estimate of drug-likeness (QED) is 0.763. The third kappa shape index (κ3) is 4.88. The van der Waals surface area contributed by atoms with Crippen molar-refractivity contribution in [1.29, 1.82) is 0 Å². The van der Waals surface area contributed by atoms with Gasteiger partial charge in [0.15, 0.2) is 0 Å². The van der Waals surface area contributed by atoms with Gasteiger partial charge in [-0.25, -0.2) is 0 Å². The largest absolute Gasteiger partial charge is 0.353 e. The Kier molecular flexibility index (Phi) is 5.16. The summed E-state index contributed by atoms with van der Waals surface area (Å²) in [5.74, 6) is 0.220. The van der Waals surface area contributed by atoms with E-state index in [2.05, 4.69) is 16.9 Å². The summed E-state index contributed by atoms with van der Waals surface area (Å²) in [5, 5.41) is 7.39. The maximum absolute atomic E-state index is 11.5. The maximum Gasteiger partial charge on any atom is 0.221 e. The van der Waals surface area contributed by atoms with E-state index >= 15 is 0 Å². The van der Waals surface area contributed by atoms with E-state index in [0.29, 0.717) is 18.5 Å². The zero-order chi connectivity index (χ0) is 12.1. The molecule has 4 heteroatoms. The van der Waals surface area contributed by atoms with Gasteiger partial charge < -0.3 is 10.6 Å². The Balaban J connectivity index is 1.55. The third-order valence-corrected chi connectivity index (χ3v) is 4.78. The Bertz CT molecular complexity index is 256. The first kappa shape index (κ1) is 13.2. The molecule has 2 N–H and O–H groups in total. The highest BCUT2D eigenvalue weighted by Gasteiger charge is 2.23. The minimum absolute atomic E-state index is 0.220. The van der Waals surface area contributed by atoms with Crippen molar-refractivity contribution in [3.8, 4) is 0 Å². The molecule has 0 heterocycles. The van der Waals surface area contributed by atoms with Crippen molar-refractivity contribution in [2.24, 2.45) is 0 Å². The molecule has 98 valence electrons. The van der Waals surface area contributed by atoms with Gasteiger partial charge in [0.1, 0.15) is 0 Å². The van der Waals surface area contributed by atoms with Gasteiger partial charge in [0.2, 0.25) is 5.91 Å². The van der Waals surface area contributed by atoms with Crippen LogP contribution in [0.1, 0.15) is 44.9 Å². The summed E-state index contributed by atoms with van der Waals surface area (Å²) in [7, 11) is 0. The first-order chi connectivity index (χ1) is 8.28. The molecule has 2 unspecified atom stereocenters. The highest BCUT2D eigenvalue weighted by atomic mass is 32.2. The fourth-order valence-electron chi connectivity index (χ4n) is 2.46. The Labute approximate surface area is 108 Å². The molecule has 0 aromatic heterocycles. The number of amides is 1. The summed E-state index contributed by atoms with van der Waals surface area (Å²) in [5.41, 5.74) is 0. The summed E-state index contributed by atoms with van der Waals surface area (Å²) in [6.45, 7) is 0.838. The Morgan fingerprint density at radius 1 is 1.24 bits per heavy atom. The van der Waals surface area contributed by atoms with E-state index in [1.807, 2.05) is 11.8 Å². The lowest BCUT2D eigenvalue weighted by molar-refractivity contribution is -0.121. The smallest absolute Gasteiger partial charge is 0.221 e. The average Bonchev–Trinajstić information content (AvgIpc) is 3.13. The van der Waals surface area contributed by atoms with Gasteiger partial charge in [-0.05, 0) is 38.4 Å². The fraction of sp³-hybridized carbons (Fsp3) is 0.923. The van der Waals surface area contributed by atoms with Crippen LogP contribution in [0.3, 0.4) is 0 Å². The lowest BCUT2D eigenvalue weighted by atomic mass is 9.95. The van der Waals surface area contributed by atoms with Gasteiger partial charge in [0.25, 0.3) is 0 Å². The molecule has 0 radical (unpaired) electrons. The van der Waals surface area contributed by atoms with Crippen molar-refractivity contribution in [3.05, 3.63) is 0 Å². The number of hydrogen-bond donors (Lipinski definition) is 2.